The molecule has 0 saturated heterocycles. The molecule has 1 aliphatic heterocycles. The highest BCUT2D eigenvalue weighted by Gasteiger charge is 2.32. The first-order valence-corrected chi connectivity index (χ1v) is 8.04. The number of aryl methyl sites for hydroxylation is 1. The molecule has 0 radical (unpaired) electrons. The molecule has 6 nitrogen and oxygen atoms in total. The number of rotatable bonds is 5. The van der Waals surface area contributed by atoms with Crippen LogP contribution < -0.4 is 20.7 Å². The Balaban J connectivity index is 2.51. The van der Waals surface area contributed by atoms with Crippen LogP contribution in [-0.4, -0.2) is 37.0 Å². The Bertz CT molecular complexity index is 613. The lowest BCUT2D eigenvalue weighted by Gasteiger charge is -2.33. The minimum atomic E-state index is -0.547. The topological polar surface area (TPSA) is 84.7 Å². The van der Waals surface area contributed by atoms with Crippen molar-refractivity contribution in [3.05, 3.63) is 23.3 Å². The zero-order valence-corrected chi connectivity index (χ0v) is 14.2. The van der Waals surface area contributed by atoms with E-state index >= 15 is 0 Å². The van der Waals surface area contributed by atoms with E-state index in [2.05, 4.69) is 5.32 Å². The standard InChI is InChI=1S/C17H25N3O3/c1-5-12-8-15-14(9-13(12)16(21)19-10(2)3)20(7-6-18)17(22)11(4)23-15/h8-11H,5-7,18H2,1-4H3,(H,19,21)/t11-/m1/s1. The van der Waals surface area contributed by atoms with E-state index in [0.717, 1.165) is 5.56 Å². The monoisotopic (exact) mass is 319 g/mol. The van der Waals surface area contributed by atoms with Crippen LogP contribution in [0.4, 0.5) is 5.69 Å². The van der Waals surface area contributed by atoms with Gasteiger partial charge in [0, 0.05) is 24.7 Å². The van der Waals surface area contributed by atoms with Crippen LogP contribution in [0.1, 0.15) is 43.6 Å². The predicted octanol–water partition coefficient (Wildman–Crippen LogP) is 1.46. The summed E-state index contributed by atoms with van der Waals surface area (Å²) in [5.41, 5.74) is 7.72. The predicted molar refractivity (Wildman–Crippen MR) is 89.9 cm³/mol. The van der Waals surface area contributed by atoms with E-state index in [9.17, 15) is 9.59 Å². The molecule has 0 aliphatic carbocycles. The third kappa shape index (κ3) is 3.47. The summed E-state index contributed by atoms with van der Waals surface area (Å²) in [7, 11) is 0. The number of anilines is 1. The second-order valence-electron chi connectivity index (χ2n) is 6.00. The number of carbonyl (C=O) groups excluding carboxylic acids is 2. The van der Waals surface area contributed by atoms with Gasteiger partial charge in [-0.05, 0) is 44.9 Å². The maximum absolute atomic E-state index is 12.5. The Hall–Kier alpha value is -2.08. The van der Waals surface area contributed by atoms with E-state index < -0.39 is 6.10 Å². The van der Waals surface area contributed by atoms with Crippen LogP contribution in [0.15, 0.2) is 12.1 Å². The summed E-state index contributed by atoms with van der Waals surface area (Å²) in [6.45, 7) is 8.29. The van der Waals surface area contributed by atoms with Crippen molar-refractivity contribution in [2.24, 2.45) is 5.73 Å². The van der Waals surface area contributed by atoms with Gasteiger partial charge >= 0.3 is 0 Å². The van der Waals surface area contributed by atoms with Crippen LogP contribution >= 0.6 is 0 Å². The van der Waals surface area contributed by atoms with Crippen molar-refractivity contribution in [1.82, 2.24) is 5.32 Å². The van der Waals surface area contributed by atoms with Gasteiger partial charge in [0.15, 0.2) is 6.10 Å². The first-order valence-electron chi connectivity index (χ1n) is 8.04. The molecule has 0 spiro atoms. The number of amides is 2. The summed E-state index contributed by atoms with van der Waals surface area (Å²) < 4.78 is 5.72. The molecule has 2 rings (SSSR count). The molecular formula is C17H25N3O3. The van der Waals surface area contributed by atoms with Gasteiger partial charge in [0.2, 0.25) is 0 Å². The molecule has 1 aliphatic rings. The average Bonchev–Trinajstić information content (AvgIpc) is 2.50. The minimum absolute atomic E-state index is 0.0429. The largest absolute Gasteiger partial charge is 0.479 e. The second kappa shape index (κ2) is 7.00. The number of fused-ring (bicyclic) bond motifs is 1. The number of hydrogen-bond acceptors (Lipinski definition) is 4. The highest BCUT2D eigenvalue weighted by atomic mass is 16.5. The Morgan fingerprint density at radius 1 is 1.43 bits per heavy atom. The van der Waals surface area contributed by atoms with Crippen LogP contribution in [0.25, 0.3) is 0 Å². The number of hydrogen-bond donors (Lipinski definition) is 2. The number of nitrogens with two attached hydrogens (primary N) is 1. The Morgan fingerprint density at radius 3 is 2.70 bits per heavy atom. The van der Waals surface area contributed by atoms with Gasteiger partial charge in [0.25, 0.3) is 11.8 Å². The van der Waals surface area contributed by atoms with E-state index in [0.29, 0.717) is 36.5 Å². The van der Waals surface area contributed by atoms with Crippen LogP contribution in [0, 0.1) is 0 Å². The lowest BCUT2D eigenvalue weighted by Crippen LogP contribution is -2.46. The van der Waals surface area contributed by atoms with E-state index in [1.54, 1.807) is 17.9 Å². The molecule has 2 amide bonds. The number of carbonyl (C=O) groups is 2. The van der Waals surface area contributed by atoms with Crippen molar-refractivity contribution < 1.29 is 14.3 Å². The van der Waals surface area contributed by atoms with Crippen LogP contribution in [0.5, 0.6) is 5.75 Å². The third-order valence-corrected chi connectivity index (χ3v) is 3.79. The maximum Gasteiger partial charge on any atom is 0.267 e. The van der Waals surface area contributed by atoms with E-state index in [4.69, 9.17) is 10.5 Å². The lowest BCUT2D eigenvalue weighted by atomic mass is 10.0. The molecule has 0 bridgehead atoms. The zero-order valence-electron chi connectivity index (χ0n) is 14.2. The molecule has 1 heterocycles. The van der Waals surface area contributed by atoms with Gasteiger partial charge in [-0.25, -0.2) is 0 Å². The molecule has 6 heteroatoms. The highest BCUT2D eigenvalue weighted by Crippen LogP contribution is 2.36. The van der Waals surface area contributed by atoms with E-state index in [-0.39, 0.29) is 17.9 Å². The van der Waals surface area contributed by atoms with Crippen LogP contribution in [-0.2, 0) is 11.2 Å². The molecular weight excluding hydrogens is 294 g/mol. The summed E-state index contributed by atoms with van der Waals surface area (Å²) in [5.74, 6) is 0.351. The fraction of sp³-hybridized carbons (Fsp3) is 0.529. The van der Waals surface area contributed by atoms with Crippen molar-refractivity contribution in [2.75, 3.05) is 18.0 Å². The van der Waals surface area contributed by atoms with Gasteiger partial charge < -0.3 is 20.7 Å². The molecule has 23 heavy (non-hydrogen) atoms. The van der Waals surface area contributed by atoms with E-state index in [1.165, 1.54) is 0 Å². The number of ether oxygens (including phenoxy) is 1. The van der Waals surface area contributed by atoms with Gasteiger partial charge in [0.05, 0.1) is 5.69 Å². The maximum atomic E-state index is 12.5. The quantitative estimate of drug-likeness (QED) is 0.860. The minimum Gasteiger partial charge on any atom is -0.479 e. The molecule has 0 aromatic heterocycles. The fourth-order valence-electron chi connectivity index (χ4n) is 2.70. The molecule has 0 fully saturated rings. The number of benzene rings is 1. The molecule has 1 atom stereocenters. The first-order chi connectivity index (χ1) is 10.9. The van der Waals surface area contributed by atoms with Crippen LogP contribution in [0.3, 0.4) is 0 Å². The van der Waals surface area contributed by atoms with Gasteiger partial charge in [-0.2, -0.15) is 0 Å². The van der Waals surface area contributed by atoms with Crippen molar-refractivity contribution >= 4 is 17.5 Å². The summed E-state index contributed by atoms with van der Waals surface area (Å²) in [5, 5.41) is 2.90. The lowest BCUT2D eigenvalue weighted by molar-refractivity contribution is -0.125. The molecule has 0 saturated carbocycles. The third-order valence-electron chi connectivity index (χ3n) is 3.79. The molecule has 1 aromatic rings. The SMILES string of the molecule is CCc1cc2c(cc1C(=O)NC(C)C)N(CCN)C(=O)[C@@H](C)O2. The average molecular weight is 319 g/mol. The Kier molecular flexibility index (Phi) is 5.26. The number of nitrogens with one attached hydrogen (secondary N) is 1. The smallest absolute Gasteiger partial charge is 0.267 e. The van der Waals surface area contributed by atoms with Gasteiger partial charge in [-0.15, -0.1) is 0 Å². The second-order valence-corrected chi connectivity index (χ2v) is 6.00. The van der Waals surface area contributed by atoms with Crippen LogP contribution in [0.2, 0.25) is 0 Å². The van der Waals surface area contributed by atoms with Crippen molar-refractivity contribution in [1.29, 1.82) is 0 Å². The summed E-state index contributed by atoms with van der Waals surface area (Å²) in [6, 6.07) is 3.64. The van der Waals surface area contributed by atoms with E-state index in [1.807, 2.05) is 26.8 Å². The summed E-state index contributed by atoms with van der Waals surface area (Å²) in [4.78, 5) is 26.4. The highest BCUT2D eigenvalue weighted by molar-refractivity contribution is 6.03. The molecule has 126 valence electrons. The van der Waals surface area contributed by atoms with Crippen molar-refractivity contribution in [2.45, 2.75) is 46.3 Å². The molecule has 3 N–H and O–H groups in total. The van der Waals surface area contributed by atoms with Gasteiger partial charge in [-0.3, -0.25) is 9.59 Å². The normalized spacial score (nSPS) is 17.0. The first kappa shape index (κ1) is 17.3. The summed E-state index contributed by atoms with van der Waals surface area (Å²) >= 11 is 0. The van der Waals surface area contributed by atoms with Gasteiger partial charge in [0.1, 0.15) is 5.75 Å². The number of nitrogens with zero attached hydrogens (tertiary/aromatic N) is 1. The zero-order chi connectivity index (χ0) is 17.1. The fourth-order valence-corrected chi connectivity index (χ4v) is 2.70. The molecule has 1 aromatic carbocycles. The Morgan fingerprint density at radius 2 is 2.13 bits per heavy atom. The van der Waals surface area contributed by atoms with Gasteiger partial charge in [-0.1, -0.05) is 6.92 Å². The van der Waals surface area contributed by atoms with Crippen molar-refractivity contribution in [3.63, 3.8) is 0 Å². The summed E-state index contributed by atoms with van der Waals surface area (Å²) in [6.07, 6.45) is 0.158. The Labute approximate surface area is 137 Å². The molecule has 0 unspecified atom stereocenters. The van der Waals surface area contributed by atoms with Crippen molar-refractivity contribution in [3.8, 4) is 5.75 Å².